The molecule has 2 rings (SSSR count). The van der Waals surface area contributed by atoms with Gasteiger partial charge in [-0.25, -0.2) is 17.5 Å². The number of aliphatic hydroxyl groups is 1. The fourth-order valence-corrected chi connectivity index (χ4v) is 4.16. The Kier molecular flexibility index (Phi) is 8.75. The number of nitrogens with zero attached hydrogens (tertiary/aromatic N) is 1. The van der Waals surface area contributed by atoms with Crippen LogP contribution in [0.15, 0.2) is 53.4 Å². The molecule has 0 aliphatic heterocycles. The summed E-state index contributed by atoms with van der Waals surface area (Å²) in [6.07, 6.45) is -4.34. The molecular formula is C24H26F3NO5S. The number of halogens is 3. The molecule has 0 saturated carbocycles. The second-order valence-corrected chi connectivity index (χ2v) is 9.35. The number of aryl methyl sites for hydroxylation is 1. The molecule has 2 aromatic carbocycles. The molecule has 6 nitrogen and oxygen atoms in total. The van der Waals surface area contributed by atoms with Crippen molar-refractivity contribution in [2.24, 2.45) is 0 Å². The highest BCUT2D eigenvalue weighted by Crippen LogP contribution is 2.38. The average molecular weight is 498 g/mol. The number of rotatable bonds is 8. The van der Waals surface area contributed by atoms with Crippen molar-refractivity contribution in [3.63, 3.8) is 0 Å². The molecule has 0 aliphatic carbocycles. The summed E-state index contributed by atoms with van der Waals surface area (Å²) in [5.74, 6) is 1.00. The zero-order valence-corrected chi connectivity index (χ0v) is 19.8. The van der Waals surface area contributed by atoms with Gasteiger partial charge in [0.1, 0.15) is 0 Å². The lowest BCUT2D eigenvalue weighted by Gasteiger charge is -2.26. The van der Waals surface area contributed by atoms with Crippen molar-refractivity contribution in [1.29, 1.82) is 0 Å². The number of sulfonamides is 1. The van der Waals surface area contributed by atoms with Gasteiger partial charge in [-0.05, 0) is 50.5 Å². The topological polar surface area (TPSA) is 83.9 Å². The van der Waals surface area contributed by atoms with Gasteiger partial charge in [-0.3, -0.25) is 0 Å². The maximum absolute atomic E-state index is 13.9. The lowest BCUT2D eigenvalue weighted by molar-refractivity contribution is -0.240. The van der Waals surface area contributed by atoms with Crippen LogP contribution in [0, 0.1) is 18.9 Å². The van der Waals surface area contributed by atoms with Gasteiger partial charge in [0.2, 0.25) is 5.60 Å². The third-order valence-corrected chi connectivity index (χ3v) is 6.63. The Labute approximate surface area is 197 Å². The van der Waals surface area contributed by atoms with Gasteiger partial charge < -0.3 is 9.84 Å². The van der Waals surface area contributed by atoms with Crippen molar-refractivity contribution in [3.8, 4) is 12.0 Å². The predicted octanol–water partition coefficient (Wildman–Crippen LogP) is 4.37. The van der Waals surface area contributed by atoms with E-state index in [-0.39, 0.29) is 23.6 Å². The van der Waals surface area contributed by atoms with Gasteiger partial charge in [-0.2, -0.15) is 13.2 Å². The van der Waals surface area contributed by atoms with Gasteiger partial charge in [0.25, 0.3) is 10.0 Å². The molecule has 34 heavy (non-hydrogen) atoms. The van der Waals surface area contributed by atoms with Crippen LogP contribution in [-0.4, -0.2) is 43.1 Å². The van der Waals surface area contributed by atoms with E-state index in [4.69, 9.17) is 4.74 Å². The first-order valence-corrected chi connectivity index (χ1v) is 12.0. The molecule has 184 valence electrons. The lowest BCUT2D eigenvalue weighted by atomic mass is 9.93. The normalized spacial score (nSPS) is 13.4. The van der Waals surface area contributed by atoms with E-state index in [2.05, 4.69) is 0 Å². The monoisotopic (exact) mass is 497 g/mol. The van der Waals surface area contributed by atoms with Gasteiger partial charge in [-0.15, -0.1) is 0 Å². The summed E-state index contributed by atoms with van der Waals surface area (Å²) in [6, 6.07) is 11.8. The Morgan fingerprint density at radius 1 is 1.06 bits per heavy atom. The smallest absolute Gasteiger partial charge is 0.433 e. The second-order valence-electron chi connectivity index (χ2n) is 7.49. The highest BCUT2D eigenvalue weighted by molar-refractivity contribution is 7.89. The molecule has 10 heteroatoms. The molecule has 0 bridgehead atoms. The van der Waals surface area contributed by atoms with Crippen molar-refractivity contribution < 1.29 is 36.2 Å². The van der Waals surface area contributed by atoms with Crippen molar-refractivity contribution in [2.75, 3.05) is 13.2 Å². The van der Waals surface area contributed by atoms with E-state index in [1.165, 1.54) is 12.1 Å². The lowest BCUT2D eigenvalue weighted by Crippen LogP contribution is -2.41. The number of carbonyl (C=O) groups excluding carboxylic acids is 1. The summed E-state index contributed by atoms with van der Waals surface area (Å²) < 4.78 is 73.3. The first-order valence-electron chi connectivity index (χ1n) is 10.6. The molecule has 1 unspecified atom stereocenters. The minimum atomic E-state index is -5.25. The molecular weight excluding hydrogens is 471 g/mol. The van der Waals surface area contributed by atoms with Gasteiger partial charge >= 0.3 is 12.1 Å². The molecule has 1 atom stereocenters. The highest BCUT2D eigenvalue weighted by atomic mass is 32.2. The second kappa shape index (κ2) is 10.9. The summed E-state index contributed by atoms with van der Waals surface area (Å²) in [6.45, 7) is 5.07. The average Bonchev–Trinajstić information content (AvgIpc) is 2.78. The highest BCUT2D eigenvalue weighted by Gasteiger charge is 2.54. The van der Waals surface area contributed by atoms with Crippen LogP contribution < -0.4 is 0 Å². The Hall–Kier alpha value is -3.03. The zero-order valence-electron chi connectivity index (χ0n) is 19.0. The standard InChI is InChI=1S/C24H26F3NO5S/c1-4-6-16-28(34(31,32)21-13-7-18(3)8-14-21)17-15-23(30,24(25,26)27)20-11-9-19(10-12-20)22(29)33-5-2/h7-14,30H,4-6,16H2,1-3H3. The van der Waals surface area contributed by atoms with Gasteiger partial charge in [0.15, 0.2) is 0 Å². The van der Waals surface area contributed by atoms with Crippen LogP contribution in [0.4, 0.5) is 13.2 Å². The van der Waals surface area contributed by atoms with Crippen LogP contribution in [0.3, 0.4) is 0 Å². The molecule has 0 amide bonds. The van der Waals surface area contributed by atoms with Crippen LogP contribution in [0.2, 0.25) is 0 Å². The molecule has 0 radical (unpaired) electrons. The fourth-order valence-electron chi connectivity index (χ4n) is 2.89. The molecule has 0 spiro atoms. The van der Waals surface area contributed by atoms with Crippen molar-refractivity contribution in [2.45, 2.75) is 50.3 Å². The molecule has 0 heterocycles. The van der Waals surface area contributed by atoms with E-state index < -0.39 is 33.3 Å². The van der Waals surface area contributed by atoms with Crippen molar-refractivity contribution in [3.05, 3.63) is 65.2 Å². The van der Waals surface area contributed by atoms with Crippen LogP contribution >= 0.6 is 0 Å². The van der Waals surface area contributed by atoms with Gasteiger partial charge in [-0.1, -0.05) is 43.2 Å². The summed E-state index contributed by atoms with van der Waals surface area (Å²) in [7, 11) is -4.24. The fraction of sp³-hybridized carbons (Fsp3) is 0.375. The Morgan fingerprint density at radius 3 is 2.15 bits per heavy atom. The number of hydrogen-bond acceptors (Lipinski definition) is 5. The SMILES string of the molecule is CCCCN(C#CC(O)(c1ccc(C(=O)OCC)cc1)C(F)(F)F)S(=O)(=O)c1ccc(C)cc1. The van der Waals surface area contributed by atoms with E-state index in [0.29, 0.717) is 17.1 Å². The number of esters is 1. The number of unbranched alkanes of at least 4 members (excludes halogenated alkanes) is 1. The van der Waals surface area contributed by atoms with E-state index in [1.54, 1.807) is 38.8 Å². The Morgan fingerprint density at radius 2 is 1.65 bits per heavy atom. The van der Waals surface area contributed by atoms with Crippen LogP contribution in [0.5, 0.6) is 0 Å². The number of ether oxygens (including phenoxy) is 1. The molecule has 0 fully saturated rings. The molecule has 2 aromatic rings. The summed E-state index contributed by atoms with van der Waals surface area (Å²) >= 11 is 0. The molecule has 0 aliphatic rings. The first kappa shape index (κ1) is 27.2. The van der Waals surface area contributed by atoms with Crippen molar-refractivity contribution >= 4 is 16.0 Å². The predicted molar refractivity (Wildman–Crippen MR) is 120 cm³/mol. The van der Waals surface area contributed by atoms with E-state index in [9.17, 15) is 31.5 Å². The summed E-state index contributed by atoms with van der Waals surface area (Å²) in [5.41, 5.74) is -3.53. The zero-order chi connectivity index (χ0) is 25.6. The summed E-state index contributed by atoms with van der Waals surface area (Å²) in [5, 5.41) is 10.6. The number of carbonyl (C=O) groups is 1. The quantitative estimate of drug-likeness (QED) is 0.333. The number of hydrogen-bond donors (Lipinski definition) is 1. The van der Waals surface area contributed by atoms with E-state index in [0.717, 1.165) is 29.8 Å². The third kappa shape index (κ3) is 6.10. The van der Waals surface area contributed by atoms with E-state index >= 15 is 0 Å². The van der Waals surface area contributed by atoms with Crippen molar-refractivity contribution in [1.82, 2.24) is 4.31 Å². The third-order valence-electron chi connectivity index (χ3n) is 4.91. The number of benzene rings is 2. The maximum Gasteiger partial charge on any atom is 0.433 e. The Bertz CT molecular complexity index is 1150. The van der Waals surface area contributed by atoms with Gasteiger partial charge in [0, 0.05) is 18.2 Å². The molecule has 0 saturated heterocycles. The van der Waals surface area contributed by atoms with Crippen LogP contribution in [0.1, 0.15) is 48.2 Å². The largest absolute Gasteiger partial charge is 0.462 e. The first-order chi connectivity index (χ1) is 15.9. The van der Waals surface area contributed by atoms with Crippen LogP contribution in [-0.2, 0) is 20.4 Å². The molecule has 0 aromatic heterocycles. The number of alkyl halides is 3. The minimum absolute atomic E-state index is 0.00500. The van der Waals surface area contributed by atoms with Gasteiger partial charge in [0.05, 0.1) is 17.1 Å². The summed E-state index contributed by atoms with van der Waals surface area (Å²) in [4.78, 5) is 11.6. The molecule has 1 N–H and O–H groups in total. The minimum Gasteiger partial charge on any atom is -0.462 e. The Balaban J connectivity index is 2.53. The van der Waals surface area contributed by atoms with E-state index in [1.807, 2.05) is 6.04 Å². The maximum atomic E-state index is 13.9. The van der Waals surface area contributed by atoms with Crippen LogP contribution in [0.25, 0.3) is 0 Å².